The fourth-order valence-electron chi connectivity index (χ4n) is 5.13. The van der Waals surface area contributed by atoms with Crippen molar-refractivity contribution >= 4 is 23.5 Å². The monoisotopic (exact) mass is 507 g/mol. The fraction of sp³-hybridized carbons (Fsp3) is 0.423. The van der Waals surface area contributed by atoms with Crippen LogP contribution in [0, 0.1) is 16.6 Å². The Kier molecular flexibility index (Phi) is 6.13. The molecule has 1 saturated heterocycles. The summed E-state index contributed by atoms with van der Waals surface area (Å²) in [6, 6.07) is 11.1. The highest BCUT2D eigenvalue weighted by Gasteiger charge is 2.76. The van der Waals surface area contributed by atoms with Gasteiger partial charge < -0.3 is 14.8 Å². The van der Waals surface area contributed by atoms with Crippen LogP contribution >= 0.6 is 0 Å². The molecule has 4 unspecified atom stereocenters. The highest BCUT2D eigenvalue weighted by Crippen LogP contribution is 2.66. The van der Waals surface area contributed by atoms with E-state index in [-0.39, 0.29) is 18.5 Å². The van der Waals surface area contributed by atoms with Gasteiger partial charge in [0.05, 0.1) is 5.41 Å². The molecule has 2 aromatic carbocycles. The minimum absolute atomic E-state index is 0.0430. The van der Waals surface area contributed by atoms with E-state index in [0.717, 1.165) is 24.3 Å². The van der Waals surface area contributed by atoms with Gasteiger partial charge in [-0.05, 0) is 49.6 Å². The Bertz CT molecular complexity index is 1180. The molecule has 2 aromatic rings. The summed E-state index contributed by atoms with van der Waals surface area (Å²) in [6.45, 7) is 4.87. The summed E-state index contributed by atoms with van der Waals surface area (Å²) in [6.07, 6.45) is -7.13. The molecule has 6 nitrogen and oxygen atoms in total. The van der Waals surface area contributed by atoms with E-state index in [0.29, 0.717) is 0 Å². The summed E-state index contributed by atoms with van der Waals surface area (Å²) in [7, 11) is 0. The molecule has 0 radical (unpaired) electrons. The molecule has 0 spiro atoms. The number of benzene rings is 2. The van der Waals surface area contributed by atoms with Crippen LogP contribution in [0.25, 0.3) is 0 Å². The summed E-state index contributed by atoms with van der Waals surface area (Å²) in [5.41, 5.74) is -4.26. The first kappa shape index (κ1) is 25.7. The maximum absolute atomic E-state index is 14.4. The van der Waals surface area contributed by atoms with Gasteiger partial charge in [0.15, 0.2) is 6.10 Å². The van der Waals surface area contributed by atoms with Crippen LogP contribution in [0.3, 0.4) is 0 Å². The molecule has 1 amide bonds. The minimum Gasteiger partial charge on any atom is -0.448 e. The number of amides is 1. The van der Waals surface area contributed by atoms with Crippen LogP contribution in [-0.4, -0.2) is 35.7 Å². The van der Waals surface area contributed by atoms with Gasteiger partial charge in [-0.1, -0.05) is 44.2 Å². The van der Waals surface area contributed by atoms with Crippen molar-refractivity contribution in [2.45, 2.75) is 57.4 Å². The maximum atomic E-state index is 14.4. The SMILES string of the molecule is CC12CCC(C(=O)OC(C(=O)Nc3ccccc3)C(c3ccc(F)cc3)C(F)(F)F)(OC1=O)C2(C)C. The van der Waals surface area contributed by atoms with Gasteiger partial charge in [-0.2, -0.15) is 13.2 Å². The third-order valence-electron chi connectivity index (χ3n) is 7.83. The molecule has 1 heterocycles. The van der Waals surface area contributed by atoms with Gasteiger partial charge in [-0.25, -0.2) is 9.18 Å². The third-order valence-corrected chi connectivity index (χ3v) is 7.83. The number of hydrogen-bond donors (Lipinski definition) is 1. The van der Waals surface area contributed by atoms with Gasteiger partial charge in [0.2, 0.25) is 5.60 Å². The number of para-hydroxylation sites is 1. The lowest BCUT2D eigenvalue weighted by atomic mass is 9.66. The Morgan fingerprint density at radius 3 is 2.11 bits per heavy atom. The highest BCUT2D eigenvalue weighted by molar-refractivity contribution is 5.98. The first-order valence-corrected chi connectivity index (χ1v) is 11.4. The summed E-state index contributed by atoms with van der Waals surface area (Å²) in [5.74, 6) is -6.50. The summed E-state index contributed by atoms with van der Waals surface area (Å²) in [4.78, 5) is 39.3. The molecule has 4 rings (SSSR count). The summed E-state index contributed by atoms with van der Waals surface area (Å²) in [5, 5.41) is 2.35. The maximum Gasteiger partial charge on any atom is 0.399 e. The van der Waals surface area contributed by atoms with Crippen LogP contribution in [0.2, 0.25) is 0 Å². The number of hydrogen-bond acceptors (Lipinski definition) is 5. The molecular formula is C26H25F4NO5. The number of carbonyl (C=O) groups excluding carboxylic acids is 3. The standard InChI is InChI=1S/C26H25F4NO5/c1-23(2)24(3)13-14-25(23,36-21(24)33)22(34)35-19(20(32)31-17-7-5-4-6-8-17)18(26(28,29)30)15-9-11-16(27)12-10-15/h4-12,18-19H,13-14H2,1-3H3,(H,31,32). The van der Waals surface area contributed by atoms with Crippen LogP contribution in [0.5, 0.6) is 0 Å². The van der Waals surface area contributed by atoms with Gasteiger partial charge in [0, 0.05) is 11.1 Å². The van der Waals surface area contributed by atoms with Gasteiger partial charge in [-0.3, -0.25) is 9.59 Å². The lowest BCUT2D eigenvalue weighted by molar-refractivity contribution is -0.203. The van der Waals surface area contributed by atoms with Crippen molar-refractivity contribution in [3.8, 4) is 0 Å². The van der Waals surface area contributed by atoms with E-state index < -0.39 is 63.9 Å². The van der Waals surface area contributed by atoms with Crippen molar-refractivity contribution in [2.24, 2.45) is 10.8 Å². The Hall–Kier alpha value is -3.43. The van der Waals surface area contributed by atoms with E-state index in [1.54, 1.807) is 39.0 Å². The molecule has 10 heteroatoms. The van der Waals surface area contributed by atoms with Crippen LogP contribution in [0.4, 0.5) is 23.2 Å². The van der Waals surface area contributed by atoms with Crippen LogP contribution in [-0.2, 0) is 23.9 Å². The van der Waals surface area contributed by atoms with E-state index in [9.17, 15) is 31.9 Å². The highest BCUT2D eigenvalue weighted by atomic mass is 19.4. The van der Waals surface area contributed by atoms with E-state index >= 15 is 0 Å². The van der Waals surface area contributed by atoms with Gasteiger partial charge >= 0.3 is 18.1 Å². The van der Waals surface area contributed by atoms with E-state index in [1.807, 2.05) is 0 Å². The molecule has 2 fully saturated rings. The van der Waals surface area contributed by atoms with Crippen molar-refractivity contribution in [2.75, 3.05) is 5.32 Å². The topological polar surface area (TPSA) is 81.7 Å². The molecule has 1 saturated carbocycles. The quantitative estimate of drug-likeness (QED) is 0.432. The predicted molar refractivity (Wildman–Crippen MR) is 120 cm³/mol. The normalized spacial score (nSPS) is 26.1. The fourth-order valence-corrected chi connectivity index (χ4v) is 5.13. The Morgan fingerprint density at radius 1 is 1.00 bits per heavy atom. The molecular weight excluding hydrogens is 482 g/mol. The number of ether oxygens (including phenoxy) is 2. The second-order valence-electron chi connectivity index (χ2n) is 9.93. The Labute approximate surface area is 205 Å². The second kappa shape index (κ2) is 8.60. The van der Waals surface area contributed by atoms with Crippen LogP contribution in [0.15, 0.2) is 54.6 Å². The first-order valence-electron chi connectivity index (χ1n) is 11.4. The number of halogens is 4. The number of fused-ring (bicyclic) bond motifs is 2. The molecule has 0 aromatic heterocycles. The zero-order chi connectivity index (χ0) is 26.5. The van der Waals surface area contributed by atoms with E-state index in [4.69, 9.17) is 9.47 Å². The average Bonchev–Trinajstić information content (AvgIpc) is 3.10. The predicted octanol–water partition coefficient (Wildman–Crippen LogP) is 5.14. The number of esters is 2. The van der Waals surface area contributed by atoms with Gasteiger partial charge in [0.25, 0.3) is 5.91 Å². The molecule has 4 atom stereocenters. The largest absolute Gasteiger partial charge is 0.448 e. The minimum atomic E-state index is -5.06. The van der Waals surface area contributed by atoms with Crippen molar-refractivity contribution in [3.05, 3.63) is 66.0 Å². The summed E-state index contributed by atoms with van der Waals surface area (Å²) < 4.78 is 67.4. The average molecular weight is 507 g/mol. The molecule has 1 aliphatic carbocycles. The molecule has 36 heavy (non-hydrogen) atoms. The zero-order valence-electron chi connectivity index (χ0n) is 19.8. The van der Waals surface area contributed by atoms with Crippen molar-refractivity contribution in [3.63, 3.8) is 0 Å². The van der Waals surface area contributed by atoms with Gasteiger partial charge in [-0.15, -0.1) is 0 Å². The Balaban J connectivity index is 1.75. The summed E-state index contributed by atoms with van der Waals surface area (Å²) >= 11 is 0. The van der Waals surface area contributed by atoms with Gasteiger partial charge in [0.1, 0.15) is 11.7 Å². The number of nitrogens with one attached hydrogen (secondary N) is 1. The first-order chi connectivity index (χ1) is 16.7. The third kappa shape index (κ3) is 3.92. The number of alkyl halides is 3. The zero-order valence-corrected chi connectivity index (χ0v) is 19.8. The van der Waals surface area contributed by atoms with Crippen LogP contribution in [0.1, 0.15) is 45.1 Å². The molecule has 2 aliphatic rings. The van der Waals surface area contributed by atoms with Crippen molar-refractivity contribution < 1.29 is 41.4 Å². The lowest BCUT2D eigenvalue weighted by Crippen LogP contribution is -2.52. The molecule has 1 N–H and O–H groups in total. The molecule has 192 valence electrons. The van der Waals surface area contributed by atoms with E-state index in [1.165, 1.54) is 12.1 Å². The van der Waals surface area contributed by atoms with Crippen molar-refractivity contribution in [1.29, 1.82) is 0 Å². The second-order valence-corrected chi connectivity index (χ2v) is 9.93. The Morgan fingerprint density at radius 2 is 1.61 bits per heavy atom. The van der Waals surface area contributed by atoms with Crippen LogP contribution < -0.4 is 5.32 Å². The molecule has 1 aliphatic heterocycles. The smallest absolute Gasteiger partial charge is 0.399 e. The van der Waals surface area contributed by atoms with Crippen molar-refractivity contribution in [1.82, 2.24) is 0 Å². The van der Waals surface area contributed by atoms with E-state index in [2.05, 4.69) is 5.32 Å². The molecule has 2 bridgehead atoms. The lowest BCUT2D eigenvalue weighted by Gasteiger charge is -2.36. The number of carbonyl (C=O) groups is 3. The number of anilines is 1. The number of rotatable bonds is 6.